The highest BCUT2D eigenvalue weighted by molar-refractivity contribution is 5.99. The molecule has 2 fully saturated rings. The molecule has 23 heavy (non-hydrogen) atoms. The third-order valence-corrected chi connectivity index (χ3v) is 5.05. The summed E-state index contributed by atoms with van der Waals surface area (Å²) in [4.78, 5) is 4.85. The van der Waals surface area contributed by atoms with Gasteiger partial charge in [-0.1, -0.05) is 6.42 Å². The number of hydrogen-bond donors (Lipinski definition) is 1. The number of nitrogens with zero attached hydrogens (tertiary/aromatic N) is 1. The normalized spacial score (nSPS) is 20.4. The van der Waals surface area contributed by atoms with Crippen LogP contribution in [0.4, 0.5) is 0 Å². The lowest BCUT2D eigenvalue weighted by Gasteiger charge is -2.26. The summed E-state index contributed by atoms with van der Waals surface area (Å²) in [6.45, 7) is 5.53. The van der Waals surface area contributed by atoms with E-state index >= 15 is 0 Å². The highest BCUT2D eigenvalue weighted by Gasteiger charge is 2.23. The summed E-state index contributed by atoms with van der Waals surface area (Å²) in [5.41, 5.74) is 3.65. The summed E-state index contributed by atoms with van der Waals surface area (Å²) in [7, 11) is 0. The molecule has 0 aromatic carbocycles. The van der Waals surface area contributed by atoms with Crippen molar-refractivity contribution in [3.05, 3.63) is 22.9 Å². The average Bonchev–Trinajstić information content (AvgIpc) is 2.56. The van der Waals surface area contributed by atoms with Gasteiger partial charge in [-0.3, -0.25) is 0 Å². The van der Waals surface area contributed by atoms with Crippen LogP contribution in [0.15, 0.2) is 6.07 Å². The maximum atomic E-state index is 8.11. The summed E-state index contributed by atoms with van der Waals surface area (Å²) in [6, 6.07) is 2.15. The van der Waals surface area contributed by atoms with Crippen molar-refractivity contribution in [1.29, 1.82) is 5.41 Å². The summed E-state index contributed by atoms with van der Waals surface area (Å²) >= 11 is 0. The Morgan fingerprint density at radius 2 is 1.87 bits per heavy atom. The van der Waals surface area contributed by atoms with E-state index < -0.39 is 0 Å². The fraction of sp³-hybridized carbons (Fsp3) is 0.684. The van der Waals surface area contributed by atoms with Crippen molar-refractivity contribution < 1.29 is 9.47 Å². The molecule has 4 nitrogen and oxygen atoms in total. The van der Waals surface area contributed by atoms with Gasteiger partial charge in [-0.2, -0.15) is 0 Å². The van der Waals surface area contributed by atoms with Crippen molar-refractivity contribution in [2.45, 2.75) is 70.8 Å². The van der Waals surface area contributed by atoms with Gasteiger partial charge in [0.25, 0.3) is 0 Å². The molecule has 2 heterocycles. The van der Waals surface area contributed by atoms with E-state index in [4.69, 9.17) is 19.9 Å². The molecule has 1 aromatic rings. The first-order valence-corrected chi connectivity index (χ1v) is 8.96. The Morgan fingerprint density at radius 1 is 1.17 bits per heavy atom. The smallest absolute Gasteiger partial charge is 0.223 e. The lowest BCUT2D eigenvalue weighted by Crippen LogP contribution is -2.23. The van der Waals surface area contributed by atoms with Crippen molar-refractivity contribution in [2.24, 2.45) is 0 Å². The zero-order chi connectivity index (χ0) is 16.2. The first-order valence-electron chi connectivity index (χ1n) is 8.96. The SMILES string of the molecule is CC(=N)c1c(C)cc(C2CCOCC2)nc1OC1CCCCC1. The van der Waals surface area contributed by atoms with Gasteiger partial charge >= 0.3 is 0 Å². The Balaban J connectivity index is 1.89. The predicted octanol–water partition coefficient (Wildman–Crippen LogP) is 4.38. The van der Waals surface area contributed by atoms with Gasteiger partial charge < -0.3 is 14.9 Å². The molecule has 0 amide bonds. The number of ether oxygens (including phenoxy) is 2. The zero-order valence-electron chi connectivity index (χ0n) is 14.4. The Hall–Kier alpha value is -1.42. The fourth-order valence-electron chi connectivity index (χ4n) is 3.75. The van der Waals surface area contributed by atoms with Crippen molar-refractivity contribution in [1.82, 2.24) is 4.98 Å². The van der Waals surface area contributed by atoms with Crippen molar-refractivity contribution in [2.75, 3.05) is 13.2 Å². The third-order valence-electron chi connectivity index (χ3n) is 5.05. The second-order valence-corrected chi connectivity index (χ2v) is 6.93. The highest BCUT2D eigenvalue weighted by Crippen LogP contribution is 2.32. The number of nitrogens with one attached hydrogen (secondary N) is 1. The van der Waals surface area contributed by atoms with Crippen LogP contribution >= 0.6 is 0 Å². The molecule has 0 bridgehead atoms. The largest absolute Gasteiger partial charge is 0.474 e. The van der Waals surface area contributed by atoms with E-state index in [9.17, 15) is 0 Å². The van der Waals surface area contributed by atoms with Crippen molar-refractivity contribution in [3.63, 3.8) is 0 Å². The van der Waals surface area contributed by atoms with Gasteiger partial charge in [-0.05, 0) is 64.0 Å². The molecule has 126 valence electrons. The van der Waals surface area contributed by atoms with E-state index in [1.165, 1.54) is 19.3 Å². The first-order chi connectivity index (χ1) is 11.1. The van der Waals surface area contributed by atoms with Gasteiger partial charge in [-0.25, -0.2) is 4.98 Å². The van der Waals surface area contributed by atoms with Gasteiger partial charge in [0.2, 0.25) is 5.88 Å². The zero-order valence-corrected chi connectivity index (χ0v) is 14.4. The van der Waals surface area contributed by atoms with E-state index in [1.54, 1.807) is 0 Å². The van der Waals surface area contributed by atoms with E-state index in [0.717, 1.165) is 55.7 Å². The molecule has 1 aliphatic carbocycles. The molecule has 1 N–H and O–H groups in total. The first kappa shape index (κ1) is 16.4. The van der Waals surface area contributed by atoms with E-state index in [0.29, 0.717) is 17.5 Å². The number of aromatic nitrogens is 1. The topological polar surface area (TPSA) is 55.2 Å². The molecule has 3 rings (SSSR count). The minimum Gasteiger partial charge on any atom is -0.474 e. The Bertz CT molecular complexity index is 559. The molecule has 1 aliphatic heterocycles. The Labute approximate surface area is 139 Å². The van der Waals surface area contributed by atoms with Crippen molar-refractivity contribution in [3.8, 4) is 5.88 Å². The van der Waals surface area contributed by atoms with Crippen LogP contribution in [0.25, 0.3) is 0 Å². The van der Waals surface area contributed by atoms with Gasteiger partial charge in [-0.15, -0.1) is 0 Å². The van der Waals surface area contributed by atoms with Crippen LogP contribution in [-0.2, 0) is 4.74 Å². The van der Waals surface area contributed by atoms with Crippen LogP contribution in [-0.4, -0.2) is 30.0 Å². The van der Waals surface area contributed by atoms with Crippen LogP contribution < -0.4 is 4.74 Å². The minimum absolute atomic E-state index is 0.263. The van der Waals surface area contributed by atoms with Gasteiger partial charge in [0.15, 0.2) is 0 Å². The molecule has 0 atom stereocenters. The summed E-state index contributed by atoms with van der Waals surface area (Å²) < 4.78 is 11.7. The molecular formula is C19H28N2O2. The second-order valence-electron chi connectivity index (χ2n) is 6.93. The molecule has 0 spiro atoms. The monoisotopic (exact) mass is 316 g/mol. The van der Waals surface area contributed by atoms with E-state index in [-0.39, 0.29) is 6.10 Å². The van der Waals surface area contributed by atoms with Crippen LogP contribution in [0.5, 0.6) is 5.88 Å². The molecule has 1 aromatic heterocycles. The maximum absolute atomic E-state index is 8.11. The highest BCUT2D eigenvalue weighted by atomic mass is 16.5. The quantitative estimate of drug-likeness (QED) is 0.838. The summed E-state index contributed by atoms with van der Waals surface area (Å²) in [5.74, 6) is 1.14. The lowest BCUT2D eigenvalue weighted by molar-refractivity contribution is 0.0840. The molecule has 4 heteroatoms. The summed E-state index contributed by atoms with van der Waals surface area (Å²) in [5, 5.41) is 8.11. The Kier molecular flexibility index (Phi) is 5.31. The standard InChI is InChI=1S/C19H28N2O2/c1-13-12-17(15-8-10-22-11-9-15)21-19(18(13)14(2)20)23-16-6-4-3-5-7-16/h12,15-16,20H,3-11H2,1-2H3. The third kappa shape index (κ3) is 3.92. The van der Waals surface area contributed by atoms with Crippen molar-refractivity contribution >= 4 is 5.71 Å². The van der Waals surface area contributed by atoms with Crippen LogP contribution in [0, 0.1) is 12.3 Å². The minimum atomic E-state index is 0.263. The van der Waals surface area contributed by atoms with Gasteiger partial charge in [0.05, 0.1) is 5.56 Å². The number of rotatable bonds is 4. The van der Waals surface area contributed by atoms with Crippen LogP contribution in [0.2, 0.25) is 0 Å². The molecule has 2 aliphatic rings. The van der Waals surface area contributed by atoms with Crippen LogP contribution in [0.1, 0.15) is 74.6 Å². The number of aryl methyl sites for hydroxylation is 1. The van der Waals surface area contributed by atoms with Gasteiger partial charge in [0, 0.05) is 30.5 Å². The van der Waals surface area contributed by atoms with Crippen LogP contribution in [0.3, 0.4) is 0 Å². The molecule has 1 saturated carbocycles. The second kappa shape index (κ2) is 7.43. The van der Waals surface area contributed by atoms with E-state index in [1.807, 2.05) is 6.92 Å². The van der Waals surface area contributed by atoms with Gasteiger partial charge in [0.1, 0.15) is 6.10 Å². The molecule has 0 unspecified atom stereocenters. The predicted molar refractivity (Wildman–Crippen MR) is 91.8 cm³/mol. The Morgan fingerprint density at radius 3 is 2.52 bits per heavy atom. The summed E-state index contributed by atoms with van der Waals surface area (Å²) in [6.07, 6.45) is 8.32. The average molecular weight is 316 g/mol. The maximum Gasteiger partial charge on any atom is 0.223 e. The van der Waals surface area contributed by atoms with E-state index in [2.05, 4.69) is 13.0 Å². The molecular weight excluding hydrogens is 288 g/mol. The number of pyridine rings is 1. The molecule has 0 radical (unpaired) electrons. The molecule has 1 saturated heterocycles. The number of hydrogen-bond acceptors (Lipinski definition) is 4. The lowest BCUT2D eigenvalue weighted by atomic mass is 9.93. The fourth-order valence-corrected chi connectivity index (χ4v) is 3.75.